The fraction of sp³-hybridized carbons (Fsp3) is 0.409. The number of carbonyl (C=O) groups excluding carboxylic acids is 3. The lowest BCUT2D eigenvalue weighted by molar-refractivity contribution is -0.121. The van der Waals surface area contributed by atoms with Gasteiger partial charge in [-0.15, -0.1) is 0 Å². The Morgan fingerprint density at radius 2 is 1.66 bits per heavy atom. The second kappa shape index (κ2) is 8.51. The maximum Gasteiger partial charge on any atom is 0.257 e. The van der Waals surface area contributed by atoms with E-state index in [2.05, 4.69) is 0 Å². The second-order valence-electron chi connectivity index (χ2n) is 7.17. The largest absolute Gasteiger partial charge is 0.507 e. The van der Waals surface area contributed by atoms with Crippen LogP contribution in [0.25, 0.3) is 0 Å². The molecule has 0 saturated carbocycles. The van der Waals surface area contributed by atoms with Crippen LogP contribution in [0.5, 0.6) is 5.75 Å². The summed E-state index contributed by atoms with van der Waals surface area (Å²) in [5.74, 6) is -1.56. The summed E-state index contributed by atoms with van der Waals surface area (Å²) >= 11 is 0. The first-order valence-corrected chi connectivity index (χ1v) is 9.62. The smallest absolute Gasteiger partial charge is 0.257 e. The van der Waals surface area contributed by atoms with Gasteiger partial charge in [0.05, 0.1) is 19.8 Å². The van der Waals surface area contributed by atoms with Crippen molar-refractivity contribution in [1.29, 1.82) is 0 Å². The molecule has 0 spiro atoms. The molecule has 1 aromatic carbocycles. The quantitative estimate of drug-likeness (QED) is 0.765. The molecule has 3 rings (SSSR count). The van der Waals surface area contributed by atoms with E-state index in [9.17, 15) is 19.5 Å². The van der Waals surface area contributed by atoms with E-state index in [1.165, 1.54) is 14.2 Å². The van der Waals surface area contributed by atoms with Crippen molar-refractivity contribution in [2.24, 2.45) is 0 Å². The third-order valence-electron chi connectivity index (χ3n) is 5.45. The number of phenolic OH excluding ortho intramolecular Hbond substituents is 1. The summed E-state index contributed by atoms with van der Waals surface area (Å²) in [4.78, 5) is 39.9. The average Bonchev–Trinajstić information content (AvgIpc) is 2.74. The molecule has 1 heterocycles. The third-order valence-corrected chi connectivity index (χ3v) is 5.45. The standard InChI is InChI=1S/C22H25NO6/c1-13-16(19(26)21(29-3)20(28-2)17(13)24)12-14-8-7-9-15(18(14)25)22(27)23-10-5-4-6-11-23/h7-9,25H,4-6,10-12H2,1-3H3. The molecule has 7 nitrogen and oxygen atoms in total. The number of hydrogen-bond acceptors (Lipinski definition) is 6. The number of piperidine rings is 1. The van der Waals surface area contributed by atoms with Gasteiger partial charge in [0.2, 0.25) is 23.1 Å². The van der Waals surface area contributed by atoms with Gasteiger partial charge in [0, 0.05) is 30.7 Å². The number of benzene rings is 1. The molecule has 0 aromatic heterocycles. The zero-order valence-electron chi connectivity index (χ0n) is 16.9. The van der Waals surface area contributed by atoms with Gasteiger partial charge in [0.1, 0.15) is 5.75 Å². The highest BCUT2D eigenvalue weighted by Gasteiger charge is 2.35. The van der Waals surface area contributed by atoms with E-state index in [1.807, 2.05) is 0 Å². The molecule has 1 saturated heterocycles. The average molecular weight is 399 g/mol. The molecule has 154 valence electrons. The maximum absolute atomic E-state index is 12.8. The number of Topliss-reactive ketones (excluding diaryl/α,β-unsaturated/α-hetero) is 2. The van der Waals surface area contributed by atoms with E-state index in [-0.39, 0.29) is 46.3 Å². The first-order chi connectivity index (χ1) is 13.9. The van der Waals surface area contributed by atoms with Gasteiger partial charge in [0.25, 0.3) is 5.91 Å². The Kier molecular flexibility index (Phi) is 6.06. The van der Waals surface area contributed by atoms with E-state index < -0.39 is 11.6 Å². The minimum absolute atomic E-state index is 0.00716. The van der Waals surface area contributed by atoms with Gasteiger partial charge < -0.3 is 19.5 Å². The summed E-state index contributed by atoms with van der Waals surface area (Å²) in [6, 6.07) is 4.89. The predicted octanol–water partition coefficient (Wildman–Crippen LogP) is 2.53. The van der Waals surface area contributed by atoms with E-state index in [0.717, 1.165) is 19.3 Å². The minimum Gasteiger partial charge on any atom is -0.507 e. The zero-order valence-corrected chi connectivity index (χ0v) is 16.9. The number of carbonyl (C=O) groups is 3. The van der Waals surface area contributed by atoms with Crippen LogP contribution in [0.4, 0.5) is 0 Å². The first-order valence-electron chi connectivity index (χ1n) is 9.62. The van der Waals surface area contributed by atoms with Crippen molar-refractivity contribution in [3.63, 3.8) is 0 Å². The van der Waals surface area contributed by atoms with Gasteiger partial charge >= 0.3 is 0 Å². The van der Waals surface area contributed by atoms with Crippen LogP contribution < -0.4 is 0 Å². The SMILES string of the molecule is COC1=C(OC)C(=O)C(Cc2cccc(C(=O)N3CCCCC3)c2O)=C(C)C1=O. The number of methoxy groups -OCH3 is 2. The van der Waals surface area contributed by atoms with E-state index in [1.54, 1.807) is 30.0 Å². The number of amides is 1. The number of allylic oxidation sites excluding steroid dienone is 2. The lowest BCUT2D eigenvalue weighted by atomic mass is 9.88. The Labute approximate surface area is 169 Å². The fourth-order valence-electron chi connectivity index (χ4n) is 3.77. The molecule has 1 amide bonds. The van der Waals surface area contributed by atoms with Gasteiger partial charge in [-0.25, -0.2) is 0 Å². The molecule has 1 aliphatic heterocycles. The third kappa shape index (κ3) is 3.77. The van der Waals surface area contributed by atoms with Crippen molar-refractivity contribution in [2.45, 2.75) is 32.6 Å². The van der Waals surface area contributed by atoms with Crippen LogP contribution in [0.2, 0.25) is 0 Å². The lowest BCUT2D eigenvalue weighted by Crippen LogP contribution is -2.35. The number of aromatic hydroxyl groups is 1. The number of ketones is 2. The highest BCUT2D eigenvalue weighted by molar-refractivity contribution is 6.23. The molecule has 1 aromatic rings. The molecule has 0 unspecified atom stereocenters. The normalized spacial score (nSPS) is 17.7. The molecule has 1 N–H and O–H groups in total. The number of rotatable bonds is 5. The van der Waals surface area contributed by atoms with Crippen molar-refractivity contribution in [2.75, 3.05) is 27.3 Å². The predicted molar refractivity (Wildman–Crippen MR) is 105 cm³/mol. The number of phenols is 1. The van der Waals surface area contributed by atoms with Gasteiger partial charge in [-0.2, -0.15) is 0 Å². The number of hydrogen-bond donors (Lipinski definition) is 1. The van der Waals surface area contributed by atoms with Gasteiger partial charge in [-0.05, 0) is 37.8 Å². The molecular weight excluding hydrogens is 374 g/mol. The molecule has 7 heteroatoms. The number of likely N-dealkylation sites (tertiary alicyclic amines) is 1. The van der Waals surface area contributed by atoms with Crippen molar-refractivity contribution < 1.29 is 29.0 Å². The highest BCUT2D eigenvalue weighted by atomic mass is 16.5. The van der Waals surface area contributed by atoms with Crippen LogP contribution in [-0.2, 0) is 25.5 Å². The minimum atomic E-state index is -0.464. The van der Waals surface area contributed by atoms with Crippen molar-refractivity contribution in [3.05, 3.63) is 52.0 Å². The van der Waals surface area contributed by atoms with Crippen LogP contribution in [-0.4, -0.2) is 54.8 Å². The Morgan fingerprint density at radius 3 is 2.28 bits per heavy atom. The van der Waals surface area contributed by atoms with Crippen molar-refractivity contribution in [3.8, 4) is 5.75 Å². The Bertz CT molecular complexity index is 921. The summed E-state index contributed by atoms with van der Waals surface area (Å²) in [6.45, 7) is 2.88. The summed E-state index contributed by atoms with van der Waals surface area (Å²) in [5.41, 5.74) is 1.06. The van der Waals surface area contributed by atoms with E-state index in [0.29, 0.717) is 18.7 Å². The van der Waals surface area contributed by atoms with Crippen molar-refractivity contribution >= 4 is 17.5 Å². The van der Waals surface area contributed by atoms with Gasteiger partial charge in [-0.3, -0.25) is 14.4 Å². The molecule has 2 aliphatic rings. The summed E-state index contributed by atoms with van der Waals surface area (Å²) in [6.07, 6.45) is 3.00. The molecule has 29 heavy (non-hydrogen) atoms. The lowest BCUT2D eigenvalue weighted by Gasteiger charge is -2.27. The Balaban J connectivity index is 1.93. The van der Waals surface area contributed by atoms with Crippen LogP contribution in [0.1, 0.15) is 42.1 Å². The van der Waals surface area contributed by atoms with Crippen LogP contribution >= 0.6 is 0 Å². The Morgan fingerprint density at radius 1 is 1.03 bits per heavy atom. The van der Waals surface area contributed by atoms with Gasteiger partial charge in [0.15, 0.2) is 0 Å². The van der Waals surface area contributed by atoms with E-state index >= 15 is 0 Å². The number of para-hydroxylation sites is 1. The van der Waals surface area contributed by atoms with Crippen molar-refractivity contribution in [1.82, 2.24) is 4.90 Å². The summed E-state index contributed by atoms with van der Waals surface area (Å²) in [5, 5.41) is 10.7. The summed E-state index contributed by atoms with van der Waals surface area (Å²) < 4.78 is 10.1. The topological polar surface area (TPSA) is 93.1 Å². The highest BCUT2D eigenvalue weighted by Crippen LogP contribution is 2.32. The fourth-order valence-corrected chi connectivity index (χ4v) is 3.77. The molecule has 0 radical (unpaired) electrons. The van der Waals surface area contributed by atoms with E-state index in [4.69, 9.17) is 9.47 Å². The maximum atomic E-state index is 12.8. The van der Waals surface area contributed by atoms with Crippen LogP contribution in [0.3, 0.4) is 0 Å². The van der Waals surface area contributed by atoms with Crippen LogP contribution in [0, 0.1) is 0 Å². The first kappa shape index (κ1) is 20.6. The number of nitrogens with zero attached hydrogens (tertiary/aromatic N) is 1. The Hall–Kier alpha value is -3.09. The monoisotopic (exact) mass is 399 g/mol. The van der Waals surface area contributed by atoms with Crippen LogP contribution in [0.15, 0.2) is 40.9 Å². The van der Waals surface area contributed by atoms with Gasteiger partial charge in [-0.1, -0.05) is 12.1 Å². The second-order valence-corrected chi connectivity index (χ2v) is 7.17. The molecule has 1 aliphatic carbocycles. The number of ether oxygens (including phenoxy) is 2. The zero-order chi connectivity index (χ0) is 21.1. The molecule has 0 bridgehead atoms. The molecule has 1 fully saturated rings. The molecule has 0 atom stereocenters. The summed E-state index contributed by atoms with van der Waals surface area (Å²) in [7, 11) is 2.60. The molecular formula is C22H25NO6.